The lowest BCUT2D eigenvalue weighted by atomic mass is 10.3. The Kier molecular flexibility index (Phi) is 3.02. The van der Waals surface area contributed by atoms with Crippen molar-refractivity contribution < 1.29 is 0 Å². The van der Waals surface area contributed by atoms with E-state index >= 15 is 0 Å². The second-order valence-corrected chi connectivity index (χ2v) is 5.54. The van der Waals surface area contributed by atoms with E-state index in [1.807, 2.05) is 49.3 Å². The van der Waals surface area contributed by atoms with E-state index < -0.39 is 7.55 Å². The molecule has 1 aromatic heterocycles. The van der Waals surface area contributed by atoms with Crippen LogP contribution in [0.5, 0.6) is 0 Å². The molecule has 0 saturated heterocycles. The van der Waals surface area contributed by atoms with Crippen LogP contribution in [0.4, 0.5) is 0 Å². The summed E-state index contributed by atoms with van der Waals surface area (Å²) in [5, 5.41) is 1.03. The van der Waals surface area contributed by atoms with Crippen molar-refractivity contribution in [3.05, 3.63) is 59.0 Å². The summed E-state index contributed by atoms with van der Waals surface area (Å²) in [6.45, 7) is 2.04. The van der Waals surface area contributed by atoms with Crippen molar-refractivity contribution in [2.24, 2.45) is 0 Å². The highest BCUT2D eigenvalue weighted by atomic mass is 31.1. The van der Waals surface area contributed by atoms with E-state index in [1.54, 1.807) is 10.6 Å². The summed E-state index contributed by atoms with van der Waals surface area (Å²) >= 11 is 0. The Labute approximate surface area is 95.6 Å². The number of benzene rings is 1. The SMILES string of the molecule is C=[P+](C)c1ccn(-c2ccccc2)c(=O)c1. The summed E-state index contributed by atoms with van der Waals surface area (Å²) in [5.74, 6) is 0. The minimum atomic E-state index is -0.456. The molecule has 0 N–H and O–H groups in total. The number of hydrogen-bond acceptors (Lipinski definition) is 1. The van der Waals surface area contributed by atoms with Gasteiger partial charge in [0.2, 0.25) is 0 Å². The molecule has 0 fully saturated rings. The maximum absolute atomic E-state index is 11.9. The number of aromatic nitrogens is 1. The number of rotatable bonds is 2. The molecule has 0 saturated carbocycles. The molecule has 1 unspecified atom stereocenters. The Bertz CT molecular complexity index is 572. The molecule has 0 spiro atoms. The van der Waals surface area contributed by atoms with Crippen molar-refractivity contribution in [2.75, 3.05) is 6.66 Å². The molecule has 1 aromatic carbocycles. The van der Waals surface area contributed by atoms with E-state index in [1.165, 1.54) is 0 Å². The van der Waals surface area contributed by atoms with Crippen LogP contribution in [0.3, 0.4) is 0 Å². The van der Waals surface area contributed by atoms with Crippen molar-refractivity contribution in [1.82, 2.24) is 4.57 Å². The van der Waals surface area contributed by atoms with Crippen LogP contribution in [0.1, 0.15) is 0 Å². The van der Waals surface area contributed by atoms with Gasteiger partial charge in [-0.25, -0.2) is 0 Å². The Balaban J connectivity index is 2.53. The predicted octanol–water partition coefficient (Wildman–Crippen LogP) is 2.01. The molecule has 0 aliphatic carbocycles. The summed E-state index contributed by atoms with van der Waals surface area (Å²) in [7, 11) is -0.456. The van der Waals surface area contributed by atoms with E-state index in [9.17, 15) is 4.79 Å². The number of nitrogens with zero attached hydrogens (tertiary/aromatic N) is 1. The lowest BCUT2D eigenvalue weighted by Gasteiger charge is -2.03. The van der Waals surface area contributed by atoms with E-state index in [0.717, 1.165) is 11.0 Å². The number of hydrogen-bond donors (Lipinski definition) is 0. The first-order valence-corrected chi connectivity index (χ1v) is 6.98. The quantitative estimate of drug-likeness (QED) is 0.723. The normalized spacial score (nSPS) is 11.2. The standard InChI is InChI=1S/C13H13NOP/c1-16(2)12-8-9-14(13(15)10-12)11-6-4-3-5-7-11/h3-10H,1H2,2H3/q+1. The minimum Gasteiger partial charge on any atom is -0.284 e. The second-order valence-electron chi connectivity index (χ2n) is 3.63. The molecular formula is C13H13NOP+. The zero-order chi connectivity index (χ0) is 11.5. The third-order valence-electron chi connectivity index (χ3n) is 2.38. The third-order valence-corrected chi connectivity index (χ3v) is 3.54. The summed E-state index contributed by atoms with van der Waals surface area (Å²) in [5.41, 5.74) is 0.894. The first-order chi connectivity index (χ1) is 7.68. The molecular weight excluding hydrogens is 217 g/mol. The summed E-state index contributed by atoms with van der Waals surface area (Å²) in [6, 6.07) is 13.2. The van der Waals surface area contributed by atoms with Crippen LogP contribution in [0, 0.1) is 0 Å². The zero-order valence-electron chi connectivity index (χ0n) is 9.13. The highest BCUT2D eigenvalue weighted by molar-refractivity contribution is 7.62. The Morgan fingerprint density at radius 1 is 1.19 bits per heavy atom. The number of para-hydroxylation sites is 1. The third kappa shape index (κ3) is 2.12. The second kappa shape index (κ2) is 4.46. The van der Waals surface area contributed by atoms with Gasteiger partial charge >= 0.3 is 0 Å². The highest BCUT2D eigenvalue weighted by Crippen LogP contribution is 2.11. The van der Waals surface area contributed by atoms with Crippen LogP contribution in [0.15, 0.2) is 53.5 Å². The molecule has 2 rings (SSSR count). The van der Waals surface area contributed by atoms with E-state index in [2.05, 4.69) is 6.30 Å². The molecule has 0 amide bonds. The monoisotopic (exact) mass is 230 g/mol. The Morgan fingerprint density at radius 2 is 1.88 bits per heavy atom. The molecule has 1 atom stereocenters. The molecule has 2 aromatic rings. The fourth-order valence-corrected chi connectivity index (χ4v) is 2.16. The van der Waals surface area contributed by atoms with Crippen LogP contribution >= 0.6 is 7.55 Å². The maximum atomic E-state index is 11.9. The van der Waals surface area contributed by atoms with Crippen LogP contribution in [0.2, 0.25) is 0 Å². The Morgan fingerprint density at radius 3 is 2.44 bits per heavy atom. The summed E-state index contributed by atoms with van der Waals surface area (Å²) < 4.78 is 1.64. The van der Waals surface area contributed by atoms with Crippen LogP contribution in [-0.2, 0) is 0 Å². The smallest absolute Gasteiger partial charge is 0.259 e. The van der Waals surface area contributed by atoms with Gasteiger partial charge < -0.3 is 0 Å². The topological polar surface area (TPSA) is 22.0 Å². The van der Waals surface area contributed by atoms with Crippen molar-refractivity contribution in [3.63, 3.8) is 0 Å². The molecule has 16 heavy (non-hydrogen) atoms. The molecule has 1 heterocycles. The van der Waals surface area contributed by atoms with Crippen molar-refractivity contribution >= 4 is 19.1 Å². The Hall–Kier alpha value is -1.66. The highest BCUT2D eigenvalue weighted by Gasteiger charge is 2.06. The lowest BCUT2D eigenvalue weighted by Crippen LogP contribution is -2.20. The largest absolute Gasteiger partial charge is 0.284 e. The van der Waals surface area contributed by atoms with Crippen molar-refractivity contribution in [3.8, 4) is 5.69 Å². The molecule has 0 bridgehead atoms. The molecule has 2 nitrogen and oxygen atoms in total. The molecule has 0 aliphatic rings. The van der Waals surface area contributed by atoms with Gasteiger partial charge in [0.1, 0.15) is 14.2 Å². The molecule has 0 aliphatic heterocycles. The van der Waals surface area contributed by atoms with Crippen LogP contribution in [-0.4, -0.2) is 17.5 Å². The van der Waals surface area contributed by atoms with Gasteiger partial charge in [-0.1, -0.05) is 18.2 Å². The number of pyridine rings is 1. The summed E-state index contributed by atoms with van der Waals surface area (Å²) in [4.78, 5) is 11.9. The van der Waals surface area contributed by atoms with Crippen LogP contribution in [0.25, 0.3) is 5.69 Å². The fourth-order valence-electron chi connectivity index (χ4n) is 1.51. The first kappa shape index (κ1) is 10.8. The maximum Gasteiger partial charge on any atom is 0.259 e. The van der Waals surface area contributed by atoms with E-state index in [4.69, 9.17) is 0 Å². The van der Waals surface area contributed by atoms with Gasteiger partial charge in [-0.05, 0) is 12.1 Å². The molecule has 0 radical (unpaired) electrons. The lowest BCUT2D eigenvalue weighted by molar-refractivity contribution is 0.995. The van der Waals surface area contributed by atoms with Gasteiger partial charge in [0.15, 0.2) is 5.30 Å². The van der Waals surface area contributed by atoms with Gasteiger partial charge in [-0.2, -0.15) is 0 Å². The predicted molar refractivity (Wildman–Crippen MR) is 71.6 cm³/mol. The van der Waals surface area contributed by atoms with E-state index in [-0.39, 0.29) is 5.56 Å². The fraction of sp³-hybridized carbons (Fsp3) is 0.0769. The first-order valence-electron chi connectivity index (χ1n) is 5.01. The van der Waals surface area contributed by atoms with Crippen LogP contribution < -0.4 is 10.9 Å². The average Bonchev–Trinajstić information content (AvgIpc) is 2.30. The van der Waals surface area contributed by atoms with Gasteiger partial charge in [0.05, 0.1) is 12.4 Å². The summed E-state index contributed by atoms with van der Waals surface area (Å²) in [6.07, 6.45) is 5.79. The average molecular weight is 230 g/mol. The van der Waals surface area contributed by atoms with Gasteiger partial charge in [-0.15, -0.1) is 0 Å². The van der Waals surface area contributed by atoms with Crippen molar-refractivity contribution in [2.45, 2.75) is 0 Å². The van der Waals surface area contributed by atoms with Gasteiger partial charge in [-0.3, -0.25) is 9.36 Å². The molecule has 80 valence electrons. The van der Waals surface area contributed by atoms with E-state index in [0.29, 0.717) is 0 Å². The van der Waals surface area contributed by atoms with Gasteiger partial charge in [0, 0.05) is 18.0 Å². The minimum absolute atomic E-state index is 0.00157. The van der Waals surface area contributed by atoms with Crippen molar-refractivity contribution in [1.29, 1.82) is 0 Å². The van der Waals surface area contributed by atoms with Gasteiger partial charge in [0.25, 0.3) is 5.56 Å². The zero-order valence-corrected chi connectivity index (χ0v) is 10.0. The molecule has 3 heteroatoms.